The molecule has 11 nitrogen and oxygen atoms in total. The van der Waals surface area contributed by atoms with E-state index in [1.54, 1.807) is 57.3 Å². The van der Waals surface area contributed by atoms with Crippen molar-refractivity contribution in [1.29, 1.82) is 0 Å². The minimum atomic E-state index is -0.810. The maximum atomic E-state index is 14.4. The number of rotatable bonds is 8. The normalized spacial score (nSPS) is 21.8. The van der Waals surface area contributed by atoms with Gasteiger partial charge in [0.15, 0.2) is 0 Å². The van der Waals surface area contributed by atoms with Crippen molar-refractivity contribution in [2.45, 2.75) is 44.4 Å². The summed E-state index contributed by atoms with van der Waals surface area (Å²) in [6.45, 7) is 6.07. The first kappa shape index (κ1) is 31.5. The van der Waals surface area contributed by atoms with Crippen LogP contribution in [0.15, 0.2) is 72.9 Å². The molecule has 0 bridgehead atoms. The summed E-state index contributed by atoms with van der Waals surface area (Å²) in [5.41, 5.74) is 2.82. The molecule has 1 unspecified atom stereocenters. The highest BCUT2D eigenvalue weighted by molar-refractivity contribution is 5.92. The number of piperazine rings is 2. The number of likely N-dealkylation sites (N-methyl/N-ethyl adjacent to an activating group) is 2. The van der Waals surface area contributed by atoms with E-state index in [4.69, 9.17) is 4.98 Å². The predicted octanol–water partition coefficient (Wildman–Crippen LogP) is 2.53. The Kier molecular flexibility index (Phi) is 9.23. The molecule has 0 aliphatic carbocycles. The Bertz CT molecular complexity index is 1540. The maximum absolute atomic E-state index is 14.4. The molecule has 3 amide bonds. The highest BCUT2D eigenvalue weighted by atomic mass is 16.3. The zero-order valence-electron chi connectivity index (χ0n) is 26.8. The van der Waals surface area contributed by atoms with Crippen LogP contribution >= 0.6 is 0 Å². The van der Waals surface area contributed by atoms with E-state index in [2.05, 4.69) is 16.8 Å². The van der Waals surface area contributed by atoms with Gasteiger partial charge in [-0.2, -0.15) is 0 Å². The predicted molar refractivity (Wildman–Crippen MR) is 175 cm³/mol. The van der Waals surface area contributed by atoms with Crippen LogP contribution in [0.1, 0.15) is 36.0 Å². The minimum absolute atomic E-state index is 0.00250. The van der Waals surface area contributed by atoms with Gasteiger partial charge in [0, 0.05) is 64.4 Å². The van der Waals surface area contributed by atoms with Crippen molar-refractivity contribution < 1.29 is 19.5 Å². The second-order valence-corrected chi connectivity index (χ2v) is 12.7. The Labute approximate surface area is 270 Å². The summed E-state index contributed by atoms with van der Waals surface area (Å²) in [5, 5.41) is 13.3. The summed E-state index contributed by atoms with van der Waals surface area (Å²) < 4.78 is 0. The first-order chi connectivity index (χ1) is 22.2. The number of fused-ring (bicyclic) bond motifs is 1. The number of anilines is 1. The molecule has 3 aliphatic heterocycles. The summed E-state index contributed by atoms with van der Waals surface area (Å²) in [4.78, 5) is 54.9. The molecule has 3 fully saturated rings. The van der Waals surface area contributed by atoms with E-state index in [1.165, 1.54) is 0 Å². The van der Waals surface area contributed by atoms with Crippen molar-refractivity contribution >= 4 is 23.5 Å². The minimum Gasteiger partial charge on any atom is -0.508 e. The lowest BCUT2D eigenvalue weighted by atomic mass is 9.96. The SMILES string of the molecule is C[C@@H](CC(=O)N1C2CN(Cc3cccnc3N3CCN(C)CC3)C(=O)[C@H](Cc3ccc(O)cc3)N2C(=O)CN1C)c1ccccc1. The first-order valence-electron chi connectivity index (χ1n) is 16.0. The number of aromatic nitrogens is 1. The lowest BCUT2D eigenvalue weighted by molar-refractivity contribution is -0.203. The third-order valence-corrected chi connectivity index (χ3v) is 9.44. The first-order valence-corrected chi connectivity index (χ1v) is 16.0. The summed E-state index contributed by atoms with van der Waals surface area (Å²) in [6.07, 6.45) is 1.65. The Hall–Kier alpha value is -4.48. The van der Waals surface area contributed by atoms with Crippen LogP contribution in [0.25, 0.3) is 0 Å². The average Bonchev–Trinajstić information content (AvgIpc) is 3.05. The highest BCUT2D eigenvalue weighted by Gasteiger charge is 2.50. The molecule has 3 aromatic rings. The van der Waals surface area contributed by atoms with E-state index in [1.807, 2.05) is 49.4 Å². The molecule has 2 aromatic carbocycles. The van der Waals surface area contributed by atoms with Gasteiger partial charge in [-0.25, -0.2) is 9.99 Å². The van der Waals surface area contributed by atoms with Crippen LogP contribution in [0.3, 0.4) is 0 Å². The van der Waals surface area contributed by atoms with Gasteiger partial charge in [-0.05, 0) is 42.3 Å². The molecular weight excluding hydrogens is 582 g/mol. The Morgan fingerprint density at radius 2 is 1.67 bits per heavy atom. The van der Waals surface area contributed by atoms with Crippen LogP contribution < -0.4 is 4.90 Å². The van der Waals surface area contributed by atoms with E-state index < -0.39 is 12.2 Å². The quantitative estimate of drug-likeness (QED) is 0.408. The number of pyridine rings is 1. The van der Waals surface area contributed by atoms with Crippen LogP contribution in [-0.4, -0.2) is 118 Å². The molecule has 4 heterocycles. The number of hydrogen-bond donors (Lipinski definition) is 1. The Morgan fingerprint density at radius 1 is 0.957 bits per heavy atom. The summed E-state index contributed by atoms with van der Waals surface area (Å²) >= 11 is 0. The third kappa shape index (κ3) is 6.56. The molecule has 11 heteroatoms. The van der Waals surface area contributed by atoms with Crippen LogP contribution in [0.4, 0.5) is 5.82 Å². The Morgan fingerprint density at radius 3 is 2.39 bits per heavy atom. The lowest BCUT2D eigenvalue weighted by Crippen LogP contribution is -2.75. The molecule has 1 N–H and O–H groups in total. The molecular formula is C35H43N7O4. The Balaban J connectivity index is 1.32. The van der Waals surface area contributed by atoms with Gasteiger partial charge in [-0.3, -0.25) is 19.4 Å². The van der Waals surface area contributed by atoms with Gasteiger partial charge in [-0.15, -0.1) is 0 Å². The van der Waals surface area contributed by atoms with Gasteiger partial charge in [0.25, 0.3) is 0 Å². The number of aromatic hydroxyl groups is 1. The number of nitrogens with zero attached hydrogens (tertiary/aromatic N) is 7. The van der Waals surface area contributed by atoms with Gasteiger partial charge in [-0.1, -0.05) is 55.5 Å². The third-order valence-electron chi connectivity index (χ3n) is 9.44. The summed E-state index contributed by atoms with van der Waals surface area (Å²) in [5.74, 6) is 0.514. The number of benzene rings is 2. The van der Waals surface area contributed by atoms with E-state index in [-0.39, 0.29) is 55.3 Å². The monoisotopic (exact) mass is 625 g/mol. The van der Waals surface area contributed by atoms with Gasteiger partial charge in [0.05, 0.1) is 13.1 Å². The zero-order chi connectivity index (χ0) is 32.4. The van der Waals surface area contributed by atoms with Crippen molar-refractivity contribution in [3.63, 3.8) is 0 Å². The van der Waals surface area contributed by atoms with Crippen molar-refractivity contribution in [2.75, 3.05) is 58.3 Å². The van der Waals surface area contributed by atoms with Crippen LogP contribution in [-0.2, 0) is 27.3 Å². The molecule has 6 rings (SSSR count). The van der Waals surface area contributed by atoms with E-state index in [9.17, 15) is 19.5 Å². The van der Waals surface area contributed by atoms with Crippen LogP contribution in [0.2, 0.25) is 0 Å². The zero-order valence-corrected chi connectivity index (χ0v) is 26.8. The topological polar surface area (TPSA) is 104 Å². The van der Waals surface area contributed by atoms with E-state index >= 15 is 0 Å². The van der Waals surface area contributed by atoms with Gasteiger partial charge in [0.1, 0.15) is 23.8 Å². The number of carbonyl (C=O) groups is 3. The van der Waals surface area contributed by atoms with Crippen LogP contribution in [0.5, 0.6) is 5.75 Å². The van der Waals surface area contributed by atoms with Gasteiger partial charge in [0.2, 0.25) is 17.7 Å². The smallest absolute Gasteiger partial charge is 0.246 e. The van der Waals surface area contributed by atoms with E-state index in [0.29, 0.717) is 6.54 Å². The molecule has 1 aromatic heterocycles. The van der Waals surface area contributed by atoms with Crippen molar-refractivity contribution in [2.24, 2.45) is 0 Å². The van der Waals surface area contributed by atoms with Crippen LogP contribution in [0, 0.1) is 0 Å². The van der Waals surface area contributed by atoms with Crippen molar-refractivity contribution in [1.82, 2.24) is 29.7 Å². The molecule has 0 saturated carbocycles. The second-order valence-electron chi connectivity index (χ2n) is 12.7. The maximum Gasteiger partial charge on any atom is 0.246 e. The van der Waals surface area contributed by atoms with Crippen molar-refractivity contribution in [3.8, 4) is 5.75 Å². The molecule has 3 atom stereocenters. The molecule has 3 aliphatic rings. The average molecular weight is 626 g/mol. The number of hydrazine groups is 1. The molecule has 0 radical (unpaired) electrons. The fourth-order valence-corrected chi connectivity index (χ4v) is 6.89. The highest BCUT2D eigenvalue weighted by Crippen LogP contribution is 2.32. The fraction of sp³-hybridized carbons (Fsp3) is 0.429. The molecule has 3 saturated heterocycles. The van der Waals surface area contributed by atoms with E-state index in [0.717, 1.165) is 48.7 Å². The number of carbonyl (C=O) groups excluding carboxylic acids is 3. The summed E-state index contributed by atoms with van der Waals surface area (Å²) in [7, 11) is 3.88. The standard InChI is InChI=1S/C35H43N7O4/c1-25(27-8-5-4-6-9-27)20-32(44)42-31-23-40(22-28-10-7-15-36-34(28)39-18-16-37(2)17-19-39)35(46)30(41(31)33(45)24-38(42)3)21-26-11-13-29(43)14-12-26/h4-15,25,30-31,43H,16-24H2,1-3H3/t25-,30-,31?/m0/s1. The molecule has 0 spiro atoms. The number of hydrogen-bond acceptors (Lipinski definition) is 8. The number of amides is 3. The second kappa shape index (κ2) is 13.5. The lowest BCUT2D eigenvalue weighted by Gasteiger charge is -2.55. The number of phenolic OH excluding ortho intramolecular Hbond substituents is 1. The van der Waals surface area contributed by atoms with Gasteiger partial charge < -0.3 is 24.7 Å². The van der Waals surface area contributed by atoms with Crippen molar-refractivity contribution in [3.05, 3.63) is 89.6 Å². The summed E-state index contributed by atoms with van der Waals surface area (Å²) in [6, 6.07) is 19.7. The largest absolute Gasteiger partial charge is 0.508 e. The fourth-order valence-electron chi connectivity index (χ4n) is 6.89. The molecule has 46 heavy (non-hydrogen) atoms. The molecule has 242 valence electrons. The number of phenols is 1. The van der Waals surface area contributed by atoms with Gasteiger partial charge >= 0.3 is 0 Å².